The molecule has 3 heterocycles. The van der Waals surface area contributed by atoms with Gasteiger partial charge in [0.2, 0.25) is 0 Å². The summed E-state index contributed by atoms with van der Waals surface area (Å²) in [5.41, 5.74) is 8.39. The molecule has 19 heavy (non-hydrogen) atoms. The summed E-state index contributed by atoms with van der Waals surface area (Å²) in [4.78, 5) is 12.5. The van der Waals surface area contributed by atoms with Gasteiger partial charge in [-0.05, 0) is 6.07 Å². The number of rotatable bonds is 3. The molecule has 0 aliphatic rings. The van der Waals surface area contributed by atoms with E-state index in [9.17, 15) is 0 Å². The van der Waals surface area contributed by atoms with Gasteiger partial charge in [-0.25, -0.2) is 9.97 Å². The van der Waals surface area contributed by atoms with Gasteiger partial charge in [0.25, 0.3) is 0 Å². The summed E-state index contributed by atoms with van der Waals surface area (Å²) in [5, 5.41) is 4.25. The van der Waals surface area contributed by atoms with E-state index in [1.165, 1.54) is 0 Å². The lowest BCUT2D eigenvalue weighted by molar-refractivity contribution is 0.704. The van der Waals surface area contributed by atoms with Crippen molar-refractivity contribution in [3.05, 3.63) is 43.1 Å². The number of aromatic nitrogens is 6. The molecule has 7 nitrogen and oxygen atoms in total. The molecule has 0 fully saturated rings. The lowest BCUT2D eigenvalue weighted by atomic mass is 10.2. The Morgan fingerprint density at radius 1 is 1.21 bits per heavy atom. The van der Waals surface area contributed by atoms with Crippen LogP contribution in [0.25, 0.3) is 11.3 Å². The molecule has 0 aliphatic heterocycles. The van der Waals surface area contributed by atoms with E-state index in [-0.39, 0.29) is 0 Å². The van der Waals surface area contributed by atoms with Crippen LogP contribution in [0.3, 0.4) is 0 Å². The third-order valence-corrected chi connectivity index (χ3v) is 2.80. The number of aryl methyl sites for hydroxylation is 1. The molecule has 0 unspecified atom stereocenters. The minimum absolute atomic E-state index is 0.546. The third kappa shape index (κ3) is 2.17. The van der Waals surface area contributed by atoms with Crippen molar-refractivity contribution >= 4 is 5.69 Å². The second-order valence-electron chi connectivity index (χ2n) is 4.20. The Bertz CT molecular complexity index is 697. The Kier molecular flexibility index (Phi) is 2.71. The SMILES string of the molecule is Cn1cnc(Cn2cncc2-c2cnccc2N)n1. The predicted molar refractivity (Wildman–Crippen MR) is 70.0 cm³/mol. The van der Waals surface area contributed by atoms with Gasteiger partial charge < -0.3 is 10.3 Å². The Morgan fingerprint density at radius 2 is 2.11 bits per heavy atom. The minimum Gasteiger partial charge on any atom is -0.398 e. The molecule has 96 valence electrons. The molecule has 3 rings (SSSR count). The average molecular weight is 255 g/mol. The first kappa shape index (κ1) is 11.4. The highest BCUT2D eigenvalue weighted by Crippen LogP contribution is 2.24. The topological polar surface area (TPSA) is 87.4 Å². The molecular formula is C12H13N7. The van der Waals surface area contributed by atoms with Gasteiger partial charge in [-0.15, -0.1) is 0 Å². The summed E-state index contributed by atoms with van der Waals surface area (Å²) in [5.74, 6) is 0.726. The van der Waals surface area contributed by atoms with E-state index in [0.717, 1.165) is 17.1 Å². The number of pyridine rings is 1. The fourth-order valence-electron chi connectivity index (χ4n) is 1.90. The first-order valence-electron chi connectivity index (χ1n) is 5.78. The van der Waals surface area contributed by atoms with Gasteiger partial charge in [-0.3, -0.25) is 9.67 Å². The van der Waals surface area contributed by atoms with E-state index in [0.29, 0.717) is 12.2 Å². The van der Waals surface area contributed by atoms with E-state index in [1.54, 1.807) is 42.0 Å². The monoisotopic (exact) mass is 255 g/mol. The fourth-order valence-corrected chi connectivity index (χ4v) is 1.90. The number of hydrogen-bond acceptors (Lipinski definition) is 5. The highest BCUT2D eigenvalue weighted by atomic mass is 15.3. The molecule has 0 aromatic carbocycles. The van der Waals surface area contributed by atoms with Crippen molar-refractivity contribution in [2.45, 2.75) is 6.54 Å². The molecule has 0 aliphatic carbocycles. The van der Waals surface area contributed by atoms with Gasteiger partial charge in [0.05, 0.1) is 24.8 Å². The van der Waals surface area contributed by atoms with Crippen molar-refractivity contribution in [1.29, 1.82) is 0 Å². The maximum absolute atomic E-state index is 5.96. The van der Waals surface area contributed by atoms with Crippen LogP contribution in [-0.4, -0.2) is 29.3 Å². The van der Waals surface area contributed by atoms with Gasteiger partial charge in [0, 0.05) is 30.7 Å². The van der Waals surface area contributed by atoms with Crippen molar-refractivity contribution in [2.75, 3.05) is 5.73 Å². The summed E-state index contributed by atoms with van der Waals surface area (Å²) in [6.07, 6.45) is 8.56. The largest absolute Gasteiger partial charge is 0.398 e. The smallest absolute Gasteiger partial charge is 0.170 e. The van der Waals surface area contributed by atoms with Crippen LogP contribution in [0.4, 0.5) is 5.69 Å². The Morgan fingerprint density at radius 3 is 2.84 bits per heavy atom. The summed E-state index contributed by atoms with van der Waals surface area (Å²) >= 11 is 0. The molecule has 0 saturated heterocycles. The summed E-state index contributed by atoms with van der Waals surface area (Å²) in [7, 11) is 1.84. The highest BCUT2D eigenvalue weighted by molar-refractivity contribution is 5.72. The molecule has 0 saturated carbocycles. The van der Waals surface area contributed by atoms with Crippen LogP contribution in [0, 0.1) is 0 Å². The quantitative estimate of drug-likeness (QED) is 0.744. The van der Waals surface area contributed by atoms with Crippen LogP contribution in [-0.2, 0) is 13.6 Å². The number of imidazole rings is 1. The van der Waals surface area contributed by atoms with E-state index >= 15 is 0 Å². The molecule has 0 amide bonds. The molecule has 7 heteroatoms. The predicted octanol–water partition coefficient (Wildman–Crippen LogP) is 0.704. The Hall–Kier alpha value is -2.70. The van der Waals surface area contributed by atoms with Crippen LogP contribution in [0.5, 0.6) is 0 Å². The van der Waals surface area contributed by atoms with Crippen molar-refractivity contribution in [3.63, 3.8) is 0 Å². The molecule has 0 radical (unpaired) electrons. The van der Waals surface area contributed by atoms with Crippen molar-refractivity contribution < 1.29 is 0 Å². The van der Waals surface area contributed by atoms with E-state index in [1.807, 2.05) is 11.6 Å². The standard InChI is InChI=1S/C12H13N7/c1-18-8-16-12(17-18)6-19-7-15-5-11(19)9-4-14-3-2-10(9)13/h2-5,7-8H,6H2,1H3,(H2,13,14). The average Bonchev–Trinajstić information content (AvgIpc) is 3.00. The van der Waals surface area contributed by atoms with Crippen molar-refractivity contribution in [1.82, 2.24) is 29.3 Å². The Balaban J connectivity index is 1.97. The van der Waals surface area contributed by atoms with Gasteiger partial charge in [-0.2, -0.15) is 5.10 Å². The first-order chi connectivity index (χ1) is 9.24. The Labute approximate surface area is 109 Å². The van der Waals surface area contributed by atoms with Crippen molar-refractivity contribution in [2.24, 2.45) is 7.05 Å². The van der Waals surface area contributed by atoms with E-state index in [4.69, 9.17) is 5.73 Å². The van der Waals surface area contributed by atoms with Crippen LogP contribution < -0.4 is 5.73 Å². The lowest BCUT2D eigenvalue weighted by Crippen LogP contribution is -2.04. The second-order valence-corrected chi connectivity index (χ2v) is 4.20. The summed E-state index contributed by atoms with van der Waals surface area (Å²) < 4.78 is 3.62. The highest BCUT2D eigenvalue weighted by Gasteiger charge is 2.10. The van der Waals surface area contributed by atoms with Crippen molar-refractivity contribution in [3.8, 4) is 11.3 Å². The number of nitrogen functional groups attached to an aromatic ring is 1. The van der Waals surface area contributed by atoms with Gasteiger partial charge >= 0.3 is 0 Å². The maximum atomic E-state index is 5.96. The minimum atomic E-state index is 0.546. The molecule has 0 bridgehead atoms. The molecule has 3 aromatic heterocycles. The molecule has 0 atom stereocenters. The summed E-state index contributed by atoms with van der Waals surface area (Å²) in [6, 6.07) is 1.77. The van der Waals surface area contributed by atoms with Gasteiger partial charge in [0.15, 0.2) is 5.82 Å². The third-order valence-electron chi connectivity index (χ3n) is 2.80. The molecule has 2 N–H and O–H groups in total. The van der Waals surface area contributed by atoms with Gasteiger partial charge in [-0.1, -0.05) is 0 Å². The fraction of sp³-hybridized carbons (Fsp3) is 0.167. The first-order valence-corrected chi connectivity index (χ1v) is 5.78. The van der Waals surface area contributed by atoms with Gasteiger partial charge in [0.1, 0.15) is 6.33 Å². The number of nitrogens with zero attached hydrogens (tertiary/aromatic N) is 6. The van der Waals surface area contributed by atoms with Crippen LogP contribution >= 0.6 is 0 Å². The van der Waals surface area contributed by atoms with E-state index in [2.05, 4.69) is 20.1 Å². The zero-order valence-electron chi connectivity index (χ0n) is 10.4. The van der Waals surface area contributed by atoms with E-state index < -0.39 is 0 Å². The number of anilines is 1. The van der Waals surface area contributed by atoms with Crippen LogP contribution in [0.1, 0.15) is 5.82 Å². The zero-order chi connectivity index (χ0) is 13.2. The second kappa shape index (κ2) is 4.52. The molecule has 0 spiro atoms. The maximum Gasteiger partial charge on any atom is 0.170 e. The number of nitrogens with two attached hydrogens (primary N) is 1. The van der Waals surface area contributed by atoms with Crippen LogP contribution in [0.2, 0.25) is 0 Å². The molecule has 3 aromatic rings. The number of hydrogen-bond donors (Lipinski definition) is 1. The summed E-state index contributed by atoms with van der Waals surface area (Å²) in [6.45, 7) is 0.546. The van der Waals surface area contributed by atoms with Crippen LogP contribution in [0.15, 0.2) is 37.3 Å². The zero-order valence-corrected chi connectivity index (χ0v) is 10.4. The lowest BCUT2D eigenvalue weighted by Gasteiger charge is -2.07. The normalized spacial score (nSPS) is 10.8. The molecular weight excluding hydrogens is 242 g/mol.